The lowest BCUT2D eigenvalue weighted by atomic mass is 9.95. The molecule has 188 valence electrons. The Bertz CT molecular complexity index is 1580. The van der Waals surface area contributed by atoms with Crippen LogP contribution in [0.4, 0.5) is 5.13 Å². The van der Waals surface area contributed by atoms with Crippen molar-refractivity contribution < 1.29 is 24.2 Å². The Kier molecular flexibility index (Phi) is 6.62. The number of fused-ring (bicyclic) bond motifs is 1. The third-order valence-electron chi connectivity index (χ3n) is 6.10. The fourth-order valence-corrected chi connectivity index (χ4v) is 5.61. The maximum Gasteiger partial charge on any atom is 0.301 e. The van der Waals surface area contributed by atoms with Gasteiger partial charge in [-0.25, -0.2) is 4.98 Å². The summed E-state index contributed by atoms with van der Waals surface area (Å²) in [7, 11) is 1.54. The molecule has 1 aliphatic heterocycles. The van der Waals surface area contributed by atoms with Crippen molar-refractivity contribution in [2.75, 3.05) is 18.6 Å². The summed E-state index contributed by atoms with van der Waals surface area (Å²) in [4.78, 5) is 32.9. The van der Waals surface area contributed by atoms with Crippen LogP contribution in [0.1, 0.15) is 29.7 Å². The average molecular weight is 535 g/mol. The van der Waals surface area contributed by atoms with E-state index in [1.165, 1.54) is 23.3 Å². The van der Waals surface area contributed by atoms with Crippen molar-refractivity contribution in [1.29, 1.82) is 0 Å². The van der Waals surface area contributed by atoms with Crippen molar-refractivity contribution in [2.24, 2.45) is 0 Å². The normalized spacial score (nSPS) is 17.0. The number of methoxy groups -OCH3 is 1. The number of carbonyl (C=O) groups is 2. The molecule has 1 amide bonds. The summed E-state index contributed by atoms with van der Waals surface area (Å²) < 4.78 is 11.8. The summed E-state index contributed by atoms with van der Waals surface area (Å²) in [5.74, 6) is -1.00. The van der Waals surface area contributed by atoms with E-state index in [1.54, 1.807) is 42.5 Å². The Balaban J connectivity index is 1.73. The van der Waals surface area contributed by atoms with Gasteiger partial charge in [0, 0.05) is 5.56 Å². The number of halogens is 1. The molecule has 2 heterocycles. The highest BCUT2D eigenvalue weighted by Gasteiger charge is 2.48. The fourth-order valence-electron chi connectivity index (χ4n) is 4.35. The first-order chi connectivity index (χ1) is 17.8. The minimum atomic E-state index is -0.928. The lowest BCUT2D eigenvalue weighted by Gasteiger charge is -2.23. The first kappa shape index (κ1) is 24.8. The van der Waals surface area contributed by atoms with Crippen LogP contribution in [0, 0.1) is 6.92 Å². The Morgan fingerprint density at radius 1 is 1.14 bits per heavy atom. The Hall–Kier alpha value is -3.88. The molecule has 0 radical (unpaired) electrons. The van der Waals surface area contributed by atoms with Gasteiger partial charge in [0.1, 0.15) is 17.3 Å². The largest absolute Gasteiger partial charge is 0.507 e. The van der Waals surface area contributed by atoms with Gasteiger partial charge in [-0.2, -0.15) is 0 Å². The molecule has 1 atom stereocenters. The van der Waals surface area contributed by atoms with Gasteiger partial charge in [-0.15, -0.1) is 0 Å². The van der Waals surface area contributed by atoms with E-state index in [2.05, 4.69) is 4.98 Å². The molecule has 9 heteroatoms. The molecule has 1 N–H and O–H groups in total. The number of thiazole rings is 1. The van der Waals surface area contributed by atoms with E-state index in [-0.39, 0.29) is 11.3 Å². The van der Waals surface area contributed by atoms with E-state index in [9.17, 15) is 14.7 Å². The van der Waals surface area contributed by atoms with Crippen LogP contribution in [0.2, 0.25) is 5.02 Å². The van der Waals surface area contributed by atoms with Gasteiger partial charge in [-0.05, 0) is 67.4 Å². The molecule has 1 unspecified atom stereocenters. The zero-order valence-electron chi connectivity index (χ0n) is 20.3. The van der Waals surface area contributed by atoms with Crippen molar-refractivity contribution in [1.82, 2.24) is 4.98 Å². The molecule has 4 aromatic rings. The number of nitrogens with zero attached hydrogens (tertiary/aromatic N) is 2. The SMILES string of the molecule is CCOc1cc(/C(O)=C2\C(=O)C(=O)N(c3nc4ccc(C)cc4s3)C2c2cccc(OC)c2)ccc1Cl. The number of aliphatic hydroxyl groups is 1. The van der Waals surface area contributed by atoms with Crippen LogP contribution < -0.4 is 14.4 Å². The van der Waals surface area contributed by atoms with Crippen LogP contribution in [0.5, 0.6) is 11.5 Å². The Morgan fingerprint density at radius 2 is 1.95 bits per heavy atom. The molecule has 1 aliphatic rings. The summed E-state index contributed by atoms with van der Waals surface area (Å²) >= 11 is 7.54. The van der Waals surface area contributed by atoms with E-state index in [0.717, 1.165) is 15.8 Å². The van der Waals surface area contributed by atoms with Gasteiger partial charge in [-0.3, -0.25) is 14.5 Å². The number of aliphatic hydroxyl groups excluding tert-OH is 1. The molecular weight excluding hydrogens is 512 g/mol. The molecule has 1 saturated heterocycles. The smallest absolute Gasteiger partial charge is 0.301 e. The zero-order valence-corrected chi connectivity index (χ0v) is 21.9. The molecule has 5 rings (SSSR count). The van der Waals surface area contributed by atoms with E-state index >= 15 is 0 Å². The van der Waals surface area contributed by atoms with E-state index in [4.69, 9.17) is 21.1 Å². The van der Waals surface area contributed by atoms with Gasteiger partial charge < -0.3 is 14.6 Å². The van der Waals surface area contributed by atoms with Crippen molar-refractivity contribution in [2.45, 2.75) is 19.9 Å². The summed E-state index contributed by atoms with van der Waals surface area (Å²) in [6.07, 6.45) is 0. The van der Waals surface area contributed by atoms with Gasteiger partial charge in [0.15, 0.2) is 5.13 Å². The number of hydrogen-bond acceptors (Lipinski definition) is 7. The second-order valence-corrected chi connectivity index (χ2v) is 9.91. The molecule has 0 bridgehead atoms. The van der Waals surface area contributed by atoms with E-state index < -0.39 is 17.7 Å². The molecular formula is C28H23ClN2O5S. The lowest BCUT2D eigenvalue weighted by Crippen LogP contribution is -2.29. The summed E-state index contributed by atoms with van der Waals surface area (Å²) in [6, 6.07) is 16.6. The van der Waals surface area contributed by atoms with Crippen LogP contribution in [-0.2, 0) is 9.59 Å². The van der Waals surface area contributed by atoms with Crippen molar-refractivity contribution in [3.8, 4) is 11.5 Å². The number of aromatic nitrogens is 1. The summed E-state index contributed by atoms with van der Waals surface area (Å²) in [5, 5.41) is 12.2. The quantitative estimate of drug-likeness (QED) is 0.178. The van der Waals surface area contributed by atoms with Crippen LogP contribution >= 0.6 is 22.9 Å². The maximum absolute atomic E-state index is 13.5. The predicted octanol–water partition coefficient (Wildman–Crippen LogP) is 6.29. The fraction of sp³-hybridized carbons (Fsp3) is 0.179. The van der Waals surface area contributed by atoms with Gasteiger partial charge >= 0.3 is 5.91 Å². The van der Waals surface area contributed by atoms with Crippen molar-refractivity contribution in [3.63, 3.8) is 0 Å². The van der Waals surface area contributed by atoms with Gasteiger partial charge in [-0.1, -0.05) is 41.1 Å². The number of aryl methyl sites for hydroxylation is 1. The third-order valence-corrected chi connectivity index (χ3v) is 7.43. The molecule has 0 saturated carbocycles. The molecule has 0 aliphatic carbocycles. The number of ether oxygens (including phenoxy) is 2. The molecule has 3 aromatic carbocycles. The third kappa shape index (κ3) is 4.43. The van der Waals surface area contributed by atoms with Crippen molar-refractivity contribution in [3.05, 3.63) is 87.9 Å². The first-order valence-corrected chi connectivity index (χ1v) is 12.8. The number of carbonyl (C=O) groups excluding carboxylic acids is 2. The number of ketones is 1. The molecule has 0 spiro atoms. The molecule has 1 aromatic heterocycles. The number of anilines is 1. The van der Waals surface area contributed by atoms with Crippen molar-refractivity contribution >= 4 is 55.7 Å². The van der Waals surface area contributed by atoms with Gasteiger partial charge in [0.25, 0.3) is 5.78 Å². The van der Waals surface area contributed by atoms with E-state index in [0.29, 0.717) is 39.4 Å². The van der Waals surface area contributed by atoms with Crippen LogP contribution in [-0.4, -0.2) is 35.5 Å². The Morgan fingerprint density at radius 3 is 2.70 bits per heavy atom. The maximum atomic E-state index is 13.5. The topological polar surface area (TPSA) is 89.0 Å². The second-order valence-electron chi connectivity index (χ2n) is 8.49. The summed E-state index contributed by atoms with van der Waals surface area (Å²) in [5.41, 5.74) is 2.62. The number of Topliss-reactive ketones (excluding diaryl/α,β-unsaturated/α-hetero) is 1. The van der Waals surface area contributed by atoms with Gasteiger partial charge in [0.05, 0.1) is 40.6 Å². The highest BCUT2D eigenvalue weighted by molar-refractivity contribution is 7.22. The monoisotopic (exact) mass is 534 g/mol. The number of benzene rings is 3. The van der Waals surface area contributed by atoms with Gasteiger partial charge in [0.2, 0.25) is 0 Å². The minimum absolute atomic E-state index is 0.0570. The first-order valence-electron chi connectivity index (χ1n) is 11.6. The summed E-state index contributed by atoms with van der Waals surface area (Å²) in [6.45, 7) is 4.16. The average Bonchev–Trinajstić information content (AvgIpc) is 3.42. The number of amides is 1. The molecule has 37 heavy (non-hydrogen) atoms. The minimum Gasteiger partial charge on any atom is -0.507 e. The lowest BCUT2D eigenvalue weighted by molar-refractivity contribution is -0.132. The highest BCUT2D eigenvalue weighted by atomic mass is 35.5. The second kappa shape index (κ2) is 9.88. The predicted molar refractivity (Wildman–Crippen MR) is 145 cm³/mol. The standard InChI is InChI=1S/C28H23ClN2O5S/c1-4-36-21-14-17(9-10-19(21)29)25(32)23-24(16-6-5-7-18(13-16)35-3)31(27(34)26(23)33)28-30-20-11-8-15(2)12-22(20)37-28/h5-14,24,32H,4H2,1-3H3/b25-23+. The number of hydrogen-bond donors (Lipinski definition) is 1. The van der Waals surface area contributed by atoms with Crippen LogP contribution in [0.25, 0.3) is 16.0 Å². The highest BCUT2D eigenvalue weighted by Crippen LogP contribution is 2.45. The number of rotatable bonds is 6. The van der Waals surface area contributed by atoms with E-state index in [1.807, 2.05) is 32.0 Å². The molecule has 7 nitrogen and oxygen atoms in total. The van der Waals surface area contributed by atoms with Crippen LogP contribution in [0.15, 0.2) is 66.2 Å². The van der Waals surface area contributed by atoms with Crippen LogP contribution in [0.3, 0.4) is 0 Å². The zero-order chi connectivity index (χ0) is 26.3. The Labute approximate surface area is 222 Å². The molecule has 1 fully saturated rings.